The second kappa shape index (κ2) is 7.22. The van der Waals surface area contributed by atoms with Crippen molar-refractivity contribution in [2.75, 3.05) is 6.26 Å². The molecule has 2 aromatic carbocycles. The molecule has 1 heterocycles. The highest BCUT2D eigenvalue weighted by atomic mass is 32.2. The highest BCUT2D eigenvalue weighted by molar-refractivity contribution is 7.90. The van der Waals surface area contributed by atoms with Gasteiger partial charge in [0.2, 0.25) is 0 Å². The molecule has 0 aliphatic carbocycles. The Labute approximate surface area is 163 Å². The molecule has 0 atom stereocenters. The van der Waals surface area contributed by atoms with E-state index in [0.29, 0.717) is 12.1 Å². The SMILES string of the molecule is Cc1ccc(-c2ccncc2-c2cc(F)c(S(C)(=O)=O)cc2F)cc1C(F)(F)F. The van der Waals surface area contributed by atoms with Crippen LogP contribution in [0.1, 0.15) is 11.1 Å². The van der Waals surface area contributed by atoms with Gasteiger partial charge in [-0.3, -0.25) is 4.98 Å². The number of sulfone groups is 1. The zero-order chi connectivity index (χ0) is 21.6. The summed E-state index contributed by atoms with van der Waals surface area (Å²) in [6.45, 7) is 1.32. The number of halogens is 5. The Balaban J connectivity index is 2.24. The van der Waals surface area contributed by atoms with Crippen LogP contribution >= 0.6 is 0 Å². The molecule has 0 bridgehead atoms. The van der Waals surface area contributed by atoms with Crippen molar-refractivity contribution in [1.29, 1.82) is 0 Å². The van der Waals surface area contributed by atoms with Crippen molar-refractivity contribution >= 4 is 9.84 Å². The van der Waals surface area contributed by atoms with E-state index in [1.165, 1.54) is 37.5 Å². The molecule has 9 heteroatoms. The highest BCUT2D eigenvalue weighted by Crippen LogP contribution is 2.38. The van der Waals surface area contributed by atoms with Gasteiger partial charge in [0.05, 0.1) is 5.56 Å². The van der Waals surface area contributed by atoms with Crippen molar-refractivity contribution in [3.05, 3.63) is 71.6 Å². The smallest absolute Gasteiger partial charge is 0.264 e. The molecule has 152 valence electrons. The zero-order valence-corrected chi connectivity index (χ0v) is 16.0. The number of hydrogen-bond donors (Lipinski definition) is 0. The molecule has 0 fully saturated rings. The Morgan fingerprint density at radius 2 is 1.59 bits per heavy atom. The fourth-order valence-corrected chi connectivity index (χ4v) is 3.71. The second-order valence-electron chi connectivity index (χ2n) is 6.48. The van der Waals surface area contributed by atoms with Gasteiger partial charge in [-0.2, -0.15) is 13.2 Å². The third-order valence-electron chi connectivity index (χ3n) is 4.39. The average Bonchev–Trinajstić information content (AvgIpc) is 2.62. The molecule has 0 unspecified atom stereocenters. The minimum Gasteiger partial charge on any atom is -0.264 e. The quantitative estimate of drug-likeness (QED) is 0.524. The highest BCUT2D eigenvalue weighted by Gasteiger charge is 2.32. The number of pyridine rings is 1. The molecular formula is C20H14F5NO2S. The molecule has 0 amide bonds. The van der Waals surface area contributed by atoms with Crippen LogP contribution in [0.15, 0.2) is 53.7 Å². The molecule has 0 saturated heterocycles. The van der Waals surface area contributed by atoms with E-state index in [-0.39, 0.29) is 27.8 Å². The predicted octanol–water partition coefficient (Wildman–Crippen LogP) is 5.42. The van der Waals surface area contributed by atoms with Gasteiger partial charge in [-0.25, -0.2) is 17.2 Å². The van der Waals surface area contributed by atoms with E-state index in [4.69, 9.17) is 0 Å². The van der Waals surface area contributed by atoms with Crippen LogP contribution in [-0.4, -0.2) is 19.7 Å². The zero-order valence-electron chi connectivity index (χ0n) is 15.2. The van der Waals surface area contributed by atoms with Crippen molar-refractivity contribution in [2.24, 2.45) is 0 Å². The van der Waals surface area contributed by atoms with Crippen molar-refractivity contribution in [3.8, 4) is 22.3 Å². The number of alkyl halides is 3. The van der Waals surface area contributed by atoms with Crippen molar-refractivity contribution in [3.63, 3.8) is 0 Å². The topological polar surface area (TPSA) is 47.0 Å². The number of hydrogen-bond acceptors (Lipinski definition) is 3. The average molecular weight is 427 g/mol. The summed E-state index contributed by atoms with van der Waals surface area (Å²) in [7, 11) is -4.00. The van der Waals surface area contributed by atoms with E-state index in [2.05, 4.69) is 4.98 Å². The first-order valence-corrected chi connectivity index (χ1v) is 10.1. The van der Waals surface area contributed by atoms with Crippen LogP contribution in [0, 0.1) is 18.6 Å². The van der Waals surface area contributed by atoms with E-state index in [1.807, 2.05) is 0 Å². The van der Waals surface area contributed by atoms with Gasteiger partial charge in [0.25, 0.3) is 0 Å². The van der Waals surface area contributed by atoms with Gasteiger partial charge in [0, 0.05) is 29.8 Å². The molecule has 1 aromatic heterocycles. The molecule has 0 saturated carbocycles. The van der Waals surface area contributed by atoms with Crippen LogP contribution in [0.25, 0.3) is 22.3 Å². The molecule has 29 heavy (non-hydrogen) atoms. The predicted molar refractivity (Wildman–Crippen MR) is 97.9 cm³/mol. The molecule has 0 aliphatic rings. The summed E-state index contributed by atoms with van der Waals surface area (Å²) in [6.07, 6.45) is -1.35. The molecule has 3 nitrogen and oxygen atoms in total. The van der Waals surface area contributed by atoms with Crippen molar-refractivity contribution in [2.45, 2.75) is 18.0 Å². The molecule has 3 aromatic rings. The first-order chi connectivity index (χ1) is 13.4. The Hall–Kier alpha value is -2.81. The van der Waals surface area contributed by atoms with E-state index in [9.17, 15) is 30.4 Å². The van der Waals surface area contributed by atoms with Gasteiger partial charge in [0.15, 0.2) is 9.84 Å². The lowest BCUT2D eigenvalue weighted by Crippen LogP contribution is -2.07. The summed E-state index contributed by atoms with van der Waals surface area (Å²) in [5, 5.41) is 0. The number of aromatic nitrogens is 1. The van der Waals surface area contributed by atoms with Crippen LogP contribution in [-0.2, 0) is 16.0 Å². The van der Waals surface area contributed by atoms with Crippen LogP contribution in [0.3, 0.4) is 0 Å². The van der Waals surface area contributed by atoms with Gasteiger partial charge >= 0.3 is 6.18 Å². The monoisotopic (exact) mass is 427 g/mol. The van der Waals surface area contributed by atoms with Crippen LogP contribution in [0.4, 0.5) is 22.0 Å². The van der Waals surface area contributed by atoms with E-state index in [0.717, 1.165) is 12.3 Å². The molecule has 0 aliphatic heterocycles. The fourth-order valence-electron chi connectivity index (χ4n) is 2.97. The molecule has 0 spiro atoms. The minimum absolute atomic E-state index is 0.0200. The van der Waals surface area contributed by atoms with Gasteiger partial charge < -0.3 is 0 Å². The minimum atomic E-state index is -4.58. The number of rotatable bonds is 3. The third kappa shape index (κ3) is 4.14. The number of benzene rings is 2. The summed E-state index contributed by atoms with van der Waals surface area (Å²) in [5.74, 6) is -2.21. The normalized spacial score (nSPS) is 12.2. The second-order valence-corrected chi connectivity index (χ2v) is 8.47. The number of aryl methyl sites for hydroxylation is 1. The van der Waals surface area contributed by atoms with Gasteiger partial charge in [-0.15, -0.1) is 0 Å². The Morgan fingerprint density at radius 1 is 0.897 bits per heavy atom. The number of nitrogens with zero attached hydrogens (tertiary/aromatic N) is 1. The maximum atomic E-state index is 14.6. The van der Waals surface area contributed by atoms with Crippen molar-refractivity contribution in [1.82, 2.24) is 4.98 Å². The standard InChI is InChI=1S/C20H14F5NO2S/c1-11-3-4-12(7-16(11)20(23,24)25)13-5-6-26-10-15(13)14-8-18(22)19(9-17(14)21)29(2,27)28/h3-10H,1-2H3. The lowest BCUT2D eigenvalue weighted by molar-refractivity contribution is -0.138. The van der Waals surface area contributed by atoms with Gasteiger partial charge in [0.1, 0.15) is 16.5 Å². The lowest BCUT2D eigenvalue weighted by atomic mass is 9.93. The van der Waals surface area contributed by atoms with Gasteiger partial charge in [-0.05, 0) is 47.9 Å². The Morgan fingerprint density at radius 3 is 2.21 bits per heavy atom. The Kier molecular flexibility index (Phi) is 5.20. The van der Waals surface area contributed by atoms with Crippen LogP contribution in [0.5, 0.6) is 0 Å². The largest absolute Gasteiger partial charge is 0.416 e. The summed E-state index contributed by atoms with van der Waals surface area (Å²) >= 11 is 0. The Bertz CT molecular complexity index is 1200. The molecular weight excluding hydrogens is 413 g/mol. The maximum Gasteiger partial charge on any atom is 0.416 e. The summed E-state index contributed by atoms with van der Waals surface area (Å²) in [6, 6.07) is 6.27. The molecule has 0 N–H and O–H groups in total. The third-order valence-corrected chi connectivity index (χ3v) is 5.50. The maximum absolute atomic E-state index is 14.6. The molecule has 3 rings (SSSR count). The van der Waals surface area contributed by atoms with E-state index in [1.54, 1.807) is 0 Å². The van der Waals surface area contributed by atoms with E-state index < -0.39 is 38.1 Å². The first kappa shape index (κ1) is 20.9. The van der Waals surface area contributed by atoms with Crippen LogP contribution < -0.4 is 0 Å². The van der Waals surface area contributed by atoms with E-state index >= 15 is 0 Å². The first-order valence-electron chi connectivity index (χ1n) is 8.21. The summed E-state index contributed by atoms with van der Waals surface area (Å²) in [5.41, 5.74) is -0.792. The van der Waals surface area contributed by atoms with Crippen molar-refractivity contribution < 1.29 is 30.4 Å². The lowest BCUT2D eigenvalue weighted by Gasteiger charge is -2.15. The van der Waals surface area contributed by atoms with Crippen LogP contribution in [0.2, 0.25) is 0 Å². The summed E-state index contributed by atoms with van der Waals surface area (Å²) < 4.78 is 91.9. The van der Waals surface area contributed by atoms with Gasteiger partial charge in [-0.1, -0.05) is 12.1 Å². The fraction of sp³-hybridized carbons (Fsp3) is 0.150. The summed E-state index contributed by atoms with van der Waals surface area (Å²) in [4.78, 5) is 3.04. The molecule has 0 radical (unpaired) electrons.